The number of fused-ring (bicyclic) bond motifs is 1. The molecule has 1 saturated heterocycles. The average Bonchev–Trinajstić information content (AvgIpc) is 2.85. The van der Waals surface area contributed by atoms with Crippen molar-refractivity contribution in [2.45, 2.75) is 18.9 Å². The first-order valence-corrected chi connectivity index (χ1v) is 11.1. The van der Waals surface area contributed by atoms with E-state index in [0.29, 0.717) is 11.7 Å². The van der Waals surface area contributed by atoms with Crippen molar-refractivity contribution in [1.29, 1.82) is 0 Å². The highest BCUT2D eigenvalue weighted by Gasteiger charge is 2.14. The van der Waals surface area contributed by atoms with Crippen LogP contribution in [0.3, 0.4) is 0 Å². The van der Waals surface area contributed by atoms with Crippen molar-refractivity contribution in [2.24, 2.45) is 0 Å². The molecule has 0 aromatic heterocycles. The number of amides is 1. The molecule has 0 bridgehead atoms. The number of carbonyl (C=O) groups excluding carboxylic acids is 1. The van der Waals surface area contributed by atoms with Crippen LogP contribution in [0.25, 0.3) is 21.9 Å². The molecule has 1 amide bonds. The first-order chi connectivity index (χ1) is 15.8. The molecule has 1 aliphatic heterocycles. The molecule has 160 valence electrons. The van der Waals surface area contributed by atoms with Crippen molar-refractivity contribution < 1.29 is 9.53 Å². The fourth-order valence-electron chi connectivity index (χ4n) is 4.20. The number of carbonyl (C=O) groups is 1. The molecule has 4 aromatic rings. The lowest BCUT2D eigenvalue weighted by Gasteiger charge is -2.23. The van der Waals surface area contributed by atoms with E-state index in [1.54, 1.807) is 0 Å². The van der Waals surface area contributed by atoms with Gasteiger partial charge in [0.05, 0.1) is 0 Å². The number of anilines is 1. The molecule has 1 aliphatic rings. The van der Waals surface area contributed by atoms with Crippen LogP contribution in [0.5, 0.6) is 5.75 Å². The van der Waals surface area contributed by atoms with E-state index in [0.717, 1.165) is 59.3 Å². The molecular formula is C28H26N2O2. The van der Waals surface area contributed by atoms with Gasteiger partial charge in [0.2, 0.25) is 0 Å². The zero-order valence-corrected chi connectivity index (χ0v) is 17.9. The molecule has 5 rings (SSSR count). The normalized spacial score (nSPS) is 14.2. The van der Waals surface area contributed by atoms with Crippen LogP contribution < -0.4 is 15.4 Å². The number of ether oxygens (including phenoxy) is 1. The third kappa shape index (κ3) is 4.51. The maximum absolute atomic E-state index is 12.9. The van der Waals surface area contributed by atoms with Crippen molar-refractivity contribution in [2.75, 3.05) is 18.4 Å². The van der Waals surface area contributed by atoms with Gasteiger partial charge in [0.15, 0.2) is 0 Å². The summed E-state index contributed by atoms with van der Waals surface area (Å²) in [5.41, 5.74) is 3.67. The Morgan fingerprint density at radius 1 is 0.781 bits per heavy atom. The maximum atomic E-state index is 12.9. The first kappa shape index (κ1) is 20.3. The van der Waals surface area contributed by atoms with E-state index in [2.05, 4.69) is 22.8 Å². The molecule has 0 aliphatic carbocycles. The molecule has 1 fully saturated rings. The largest absolute Gasteiger partial charge is 0.490 e. The number of hydrogen-bond acceptors (Lipinski definition) is 3. The van der Waals surface area contributed by atoms with Gasteiger partial charge < -0.3 is 15.4 Å². The minimum atomic E-state index is -0.103. The maximum Gasteiger partial charge on any atom is 0.256 e. The molecule has 32 heavy (non-hydrogen) atoms. The van der Waals surface area contributed by atoms with Crippen LogP contribution in [0, 0.1) is 0 Å². The van der Waals surface area contributed by atoms with Gasteiger partial charge in [-0.2, -0.15) is 0 Å². The topological polar surface area (TPSA) is 50.4 Å². The highest BCUT2D eigenvalue weighted by Crippen LogP contribution is 2.26. The summed E-state index contributed by atoms with van der Waals surface area (Å²) in [5.74, 6) is 0.814. The van der Waals surface area contributed by atoms with Gasteiger partial charge >= 0.3 is 0 Å². The molecule has 0 atom stereocenters. The minimum absolute atomic E-state index is 0.103. The number of nitrogens with one attached hydrogen (secondary N) is 2. The predicted octanol–water partition coefficient (Wildman–Crippen LogP) is 5.89. The minimum Gasteiger partial charge on any atom is -0.490 e. The molecule has 0 radical (unpaired) electrons. The summed E-state index contributed by atoms with van der Waals surface area (Å²) in [6.07, 6.45) is 2.40. The second-order valence-corrected chi connectivity index (χ2v) is 8.15. The van der Waals surface area contributed by atoms with Gasteiger partial charge in [0.1, 0.15) is 11.9 Å². The first-order valence-electron chi connectivity index (χ1n) is 11.1. The molecule has 0 saturated carbocycles. The van der Waals surface area contributed by atoms with Crippen LogP contribution in [0.2, 0.25) is 0 Å². The Morgan fingerprint density at radius 2 is 1.44 bits per heavy atom. The van der Waals surface area contributed by atoms with Gasteiger partial charge in [-0.1, -0.05) is 60.7 Å². The molecule has 2 N–H and O–H groups in total. The summed E-state index contributed by atoms with van der Waals surface area (Å²) < 4.78 is 6.09. The van der Waals surface area contributed by atoms with E-state index in [4.69, 9.17) is 4.74 Å². The third-order valence-corrected chi connectivity index (χ3v) is 5.95. The summed E-state index contributed by atoms with van der Waals surface area (Å²) in [4.78, 5) is 12.9. The SMILES string of the molecule is O=C(Nc1ccc(-c2ccc(OC3CCNCC3)cc2)cc1)c1cccc2ccccc12. The number of hydrogen-bond donors (Lipinski definition) is 2. The monoisotopic (exact) mass is 422 g/mol. The lowest BCUT2D eigenvalue weighted by atomic mass is 10.0. The summed E-state index contributed by atoms with van der Waals surface area (Å²) in [6, 6.07) is 29.9. The fourth-order valence-corrected chi connectivity index (χ4v) is 4.20. The fraction of sp³-hybridized carbons (Fsp3) is 0.179. The Hall–Kier alpha value is -3.63. The van der Waals surface area contributed by atoms with Gasteiger partial charge in [-0.15, -0.1) is 0 Å². The Balaban J connectivity index is 1.26. The van der Waals surface area contributed by atoms with Gasteiger partial charge in [-0.25, -0.2) is 0 Å². The van der Waals surface area contributed by atoms with Gasteiger partial charge in [-0.3, -0.25) is 4.79 Å². The van der Waals surface area contributed by atoms with E-state index in [-0.39, 0.29) is 5.91 Å². The molecule has 4 nitrogen and oxygen atoms in total. The molecule has 0 spiro atoms. The Bertz CT molecular complexity index is 1210. The third-order valence-electron chi connectivity index (χ3n) is 5.95. The molecule has 1 heterocycles. The second kappa shape index (κ2) is 9.25. The van der Waals surface area contributed by atoms with Crippen molar-refractivity contribution in [3.05, 3.63) is 96.6 Å². The average molecular weight is 423 g/mol. The van der Waals surface area contributed by atoms with Crippen LogP contribution in [-0.4, -0.2) is 25.1 Å². The van der Waals surface area contributed by atoms with Crippen LogP contribution in [-0.2, 0) is 0 Å². The Kier molecular flexibility index (Phi) is 5.86. The number of benzene rings is 4. The molecule has 0 unspecified atom stereocenters. The van der Waals surface area contributed by atoms with Crippen LogP contribution in [0.15, 0.2) is 91.0 Å². The van der Waals surface area contributed by atoms with E-state index in [9.17, 15) is 4.79 Å². The molecular weight excluding hydrogens is 396 g/mol. The summed E-state index contributed by atoms with van der Waals surface area (Å²) in [7, 11) is 0. The zero-order chi connectivity index (χ0) is 21.8. The summed E-state index contributed by atoms with van der Waals surface area (Å²) in [5, 5.41) is 8.39. The Labute approximate surface area is 188 Å². The smallest absolute Gasteiger partial charge is 0.256 e. The molecule has 4 heteroatoms. The van der Waals surface area contributed by atoms with E-state index in [1.807, 2.05) is 78.9 Å². The van der Waals surface area contributed by atoms with Crippen molar-refractivity contribution in [3.63, 3.8) is 0 Å². The number of piperidine rings is 1. The summed E-state index contributed by atoms with van der Waals surface area (Å²) in [6.45, 7) is 2.04. The van der Waals surface area contributed by atoms with Gasteiger partial charge in [0, 0.05) is 11.3 Å². The molecule has 4 aromatic carbocycles. The van der Waals surface area contributed by atoms with E-state index < -0.39 is 0 Å². The quantitative estimate of drug-likeness (QED) is 0.422. The van der Waals surface area contributed by atoms with Gasteiger partial charge in [-0.05, 0) is 78.2 Å². The van der Waals surface area contributed by atoms with Crippen molar-refractivity contribution in [1.82, 2.24) is 5.32 Å². The van der Waals surface area contributed by atoms with Crippen LogP contribution in [0.4, 0.5) is 5.69 Å². The van der Waals surface area contributed by atoms with E-state index in [1.165, 1.54) is 0 Å². The zero-order valence-electron chi connectivity index (χ0n) is 17.9. The van der Waals surface area contributed by atoms with Crippen molar-refractivity contribution in [3.8, 4) is 16.9 Å². The number of rotatable bonds is 5. The Morgan fingerprint density at radius 3 is 2.19 bits per heavy atom. The highest BCUT2D eigenvalue weighted by atomic mass is 16.5. The predicted molar refractivity (Wildman–Crippen MR) is 130 cm³/mol. The highest BCUT2D eigenvalue weighted by molar-refractivity contribution is 6.12. The standard InChI is InChI=1S/C28H26N2O2/c31-28(27-7-3-5-22-4-1-2-6-26(22)27)30-23-12-8-20(9-13-23)21-10-14-24(15-11-21)32-25-16-18-29-19-17-25/h1-15,25,29H,16-19H2,(H,30,31). The van der Waals surface area contributed by atoms with E-state index >= 15 is 0 Å². The summed E-state index contributed by atoms with van der Waals surface area (Å²) >= 11 is 0. The lowest BCUT2D eigenvalue weighted by Crippen LogP contribution is -2.34. The van der Waals surface area contributed by atoms with Crippen molar-refractivity contribution >= 4 is 22.4 Å². The van der Waals surface area contributed by atoms with Crippen LogP contribution in [0.1, 0.15) is 23.2 Å². The van der Waals surface area contributed by atoms with Gasteiger partial charge in [0.25, 0.3) is 5.91 Å². The second-order valence-electron chi connectivity index (χ2n) is 8.15. The lowest BCUT2D eigenvalue weighted by molar-refractivity contribution is 0.102. The van der Waals surface area contributed by atoms with Crippen LogP contribution >= 0.6 is 0 Å².